The first kappa shape index (κ1) is 25.1. The van der Waals surface area contributed by atoms with Gasteiger partial charge in [-0.1, -0.05) is 106 Å². The first-order chi connectivity index (χ1) is 17.8. The van der Waals surface area contributed by atoms with Crippen molar-refractivity contribution in [3.8, 4) is 0 Å². The third-order valence-electron chi connectivity index (χ3n) is 6.39. The number of rotatable bonds is 7. The Labute approximate surface area is 225 Å². The molecule has 186 valence electrons. The molecule has 0 aromatic heterocycles. The van der Waals surface area contributed by atoms with E-state index >= 15 is 0 Å². The van der Waals surface area contributed by atoms with Gasteiger partial charge in [0.15, 0.2) is 5.78 Å². The van der Waals surface area contributed by atoms with Crippen molar-refractivity contribution in [2.45, 2.75) is 30.3 Å². The second-order valence-electron chi connectivity index (χ2n) is 9.00. The van der Waals surface area contributed by atoms with Crippen molar-refractivity contribution in [2.24, 2.45) is 4.99 Å². The van der Waals surface area contributed by atoms with Crippen LogP contribution in [0.4, 0.5) is 0 Å². The Bertz CT molecular complexity index is 1550. The Hall–Kier alpha value is -3.55. The predicted molar refractivity (Wildman–Crippen MR) is 149 cm³/mol. The average Bonchev–Trinajstić information content (AvgIpc) is 3.29. The first-order valence-electron chi connectivity index (χ1n) is 11.9. The lowest BCUT2D eigenvalue weighted by Gasteiger charge is -2.30. The van der Waals surface area contributed by atoms with E-state index in [9.17, 15) is 13.2 Å². The molecule has 1 aliphatic heterocycles. The van der Waals surface area contributed by atoms with Crippen molar-refractivity contribution >= 4 is 37.6 Å². The highest BCUT2D eigenvalue weighted by Crippen LogP contribution is 2.40. The molecule has 2 atom stereocenters. The van der Waals surface area contributed by atoms with Crippen molar-refractivity contribution in [2.75, 3.05) is 0 Å². The fourth-order valence-corrected chi connectivity index (χ4v) is 6.62. The molecule has 0 unspecified atom stereocenters. The summed E-state index contributed by atoms with van der Waals surface area (Å²) in [6, 6.07) is 30.9. The molecular formula is C30H25BrN2O3S. The number of benzene rings is 4. The fourth-order valence-electron chi connectivity index (χ4n) is 4.57. The van der Waals surface area contributed by atoms with Gasteiger partial charge in [0.05, 0.1) is 4.90 Å². The predicted octanol–water partition coefficient (Wildman–Crippen LogP) is 6.40. The summed E-state index contributed by atoms with van der Waals surface area (Å²) in [5.41, 5.74) is 3.04. The Morgan fingerprint density at radius 1 is 0.865 bits per heavy atom. The minimum absolute atomic E-state index is 0.159. The molecule has 0 saturated carbocycles. The molecular weight excluding hydrogens is 548 g/mol. The van der Waals surface area contributed by atoms with Crippen LogP contribution < -0.4 is 0 Å². The summed E-state index contributed by atoms with van der Waals surface area (Å²) < 4.78 is 30.6. The van der Waals surface area contributed by atoms with Gasteiger partial charge in [-0.05, 0) is 42.3 Å². The largest absolute Gasteiger partial charge is 0.292 e. The second-order valence-corrected chi connectivity index (χ2v) is 11.7. The molecule has 5 rings (SSSR count). The van der Waals surface area contributed by atoms with E-state index in [1.165, 1.54) is 4.31 Å². The lowest BCUT2D eigenvalue weighted by atomic mass is 9.94. The molecule has 1 heterocycles. The summed E-state index contributed by atoms with van der Waals surface area (Å²) in [5, 5.41) is 0. The standard InChI is InChI=1S/C30H25BrN2O3S/c1-21-15-17-26(18-16-21)37(35,36)33-27(19-22-9-4-2-5-10-22)32-28(30(34)23-11-6-3-7-12-23)29(33)24-13-8-14-25(31)20-24/h2-18,20,28-29H,19H2,1H3/t28-,29+/m0/s1. The van der Waals surface area contributed by atoms with Crippen LogP contribution in [0.3, 0.4) is 0 Å². The molecule has 4 aromatic rings. The van der Waals surface area contributed by atoms with E-state index in [4.69, 9.17) is 4.99 Å². The zero-order chi connectivity index (χ0) is 26.0. The summed E-state index contributed by atoms with van der Waals surface area (Å²) in [7, 11) is -4.05. The molecule has 5 nitrogen and oxygen atoms in total. The summed E-state index contributed by atoms with van der Waals surface area (Å²) in [4.78, 5) is 18.8. The van der Waals surface area contributed by atoms with Crippen LogP contribution in [0, 0.1) is 6.92 Å². The van der Waals surface area contributed by atoms with Crippen molar-refractivity contribution in [1.82, 2.24) is 4.31 Å². The number of nitrogens with zero attached hydrogens (tertiary/aromatic N) is 2. The number of hydrogen-bond donors (Lipinski definition) is 0. The maximum atomic E-state index is 14.2. The zero-order valence-corrected chi connectivity index (χ0v) is 22.6. The number of aliphatic imine (C=N–C) groups is 1. The number of hydrogen-bond acceptors (Lipinski definition) is 4. The lowest BCUT2D eigenvalue weighted by molar-refractivity contribution is 0.0944. The summed E-state index contributed by atoms with van der Waals surface area (Å²) in [6.07, 6.45) is 0.273. The molecule has 1 aliphatic rings. The van der Waals surface area contributed by atoms with Crippen LogP contribution in [0.5, 0.6) is 0 Å². The van der Waals surface area contributed by atoms with Gasteiger partial charge in [0.2, 0.25) is 0 Å². The SMILES string of the molecule is Cc1ccc(S(=O)(=O)N2C(Cc3ccccc3)=N[C@H](C(=O)c3ccccc3)[C@H]2c2cccc(Br)c2)cc1. The quantitative estimate of drug-likeness (QED) is 0.241. The Morgan fingerprint density at radius 3 is 2.16 bits per heavy atom. The zero-order valence-electron chi connectivity index (χ0n) is 20.2. The van der Waals surface area contributed by atoms with Crippen LogP contribution >= 0.6 is 15.9 Å². The topological polar surface area (TPSA) is 66.8 Å². The van der Waals surface area contributed by atoms with Crippen LogP contribution in [0.25, 0.3) is 0 Å². The molecule has 0 N–H and O–H groups in total. The fraction of sp³-hybridized carbons (Fsp3) is 0.133. The second kappa shape index (κ2) is 10.4. The summed E-state index contributed by atoms with van der Waals surface area (Å²) >= 11 is 3.51. The number of halogens is 1. The van der Waals surface area contributed by atoms with E-state index in [2.05, 4.69) is 15.9 Å². The molecule has 37 heavy (non-hydrogen) atoms. The molecule has 4 aromatic carbocycles. The van der Waals surface area contributed by atoms with Gasteiger partial charge in [0.25, 0.3) is 10.0 Å². The molecule has 0 amide bonds. The van der Waals surface area contributed by atoms with E-state index in [0.29, 0.717) is 17.0 Å². The van der Waals surface area contributed by atoms with Crippen molar-refractivity contribution in [3.05, 3.63) is 136 Å². The minimum atomic E-state index is -4.05. The number of ketones is 1. The van der Waals surface area contributed by atoms with Gasteiger partial charge in [-0.15, -0.1) is 0 Å². The molecule has 0 saturated heterocycles. The van der Waals surface area contributed by atoms with Gasteiger partial charge in [-0.3, -0.25) is 9.79 Å². The van der Waals surface area contributed by atoms with Crippen LogP contribution in [0.15, 0.2) is 124 Å². The van der Waals surface area contributed by atoms with E-state index in [0.717, 1.165) is 15.6 Å². The molecule has 0 fully saturated rings. The summed E-state index contributed by atoms with van der Waals surface area (Å²) in [5.74, 6) is 0.115. The Morgan fingerprint density at radius 2 is 1.51 bits per heavy atom. The normalized spacial score (nSPS) is 17.5. The Balaban J connectivity index is 1.70. The summed E-state index contributed by atoms with van der Waals surface area (Å²) in [6.45, 7) is 1.91. The van der Waals surface area contributed by atoms with Crippen LogP contribution in [-0.4, -0.2) is 30.4 Å². The van der Waals surface area contributed by atoms with E-state index in [1.807, 2.05) is 67.6 Å². The number of sulfonamides is 1. The monoisotopic (exact) mass is 572 g/mol. The van der Waals surface area contributed by atoms with Gasteiger partial charge in [0.1, 0.15) is 17.9 Å². The number of Topliss-reactive ketones (excluding diaryl/α,β-unsaturated/α-hetero) is 1. The molecule has 0 aliphatic carbocycles. The highest BCUT2D eigenvalue weighted by atomic mass is 79.9. The van der Waals surface area contributed by atoms with Crippen molar-refractivity contribution in [3.63, 3.8) is 0 Å². The van der Waals surface area contributed by atoms with Crippen LogP contribution in [0.2, 0.25) is 0 Å². The smallest absolute Gasteiger partial charge is 0.265 e. The van der Waals surface area contributed by atoms with E-state index in [1.54, 1.807) is 48.5 Å². The van der Waals surface area contributed by atoms with Gasteiger partial charge in [-0.25, -0.2) is 12.7 Å². The maximum Gasteiger partial charge on any atom is 0.265 e. The van der Waals surface area contributed by atoms with Crippen LogP contribution in [0.1, 0.15) is 33.1 Å². The highest BCUT2D eigenvalue weighted by Gasteiger charge is 2.47. The number of carbonyl (C=O) groups is 1. The van der Waals surface area contributed by atoms with Crippen molar-refractivity contribution < 1.29 is 13.2 Å². The highest BCUT2D eigenvalue weighted by molar-refractivity contribution is 9.10. The molecule has 0 bridgehead atoms. The van der Waals surface area contributed by atoms with Gasteiger partial charge < -0.3 is 0 Å². The molecule has 7 heteroatoms. The van der Waals surface area contributed by atoms with Crippen molar-refractivity contribution in [1.29, 1.82) is 0 Å². The average molecular weight is 574 g/mol. The molecule has 0 spiro atoms. The number of amidine groups is 1. The van der Waals surface area contributed by atoms with Gasteiger partial charge in [0, 0.05) is 16.5 Å². The third kappa shape index (κ3) is 5.15. The minimum Gasteiger partial charge on any atom is -0.292 e. The lowest BCUT2D eigenvalue weighted by Crippen LogP contribution is -2.40. The van der Waals surface area contributed by atoms with E-state index < -0.39 is 22.1 Å². The van der Waals surface area contributed by atoms with Gasteiger partial charge in [-0.2, -0.15) is 0 Å². The number of aryl methyl sites for hydroxylation is 1. The Kier molecular flexibility index (Phi) is 7.09. The number of carbonyl (C=O) groups excluding carboxylic acids is 1. The van der Waals surface area contributed by atoms with Crippen LogP contribution in [-0.2, 0) is 16.4 Å². The first-order valence-corrected chi connectivity index (χ1v) is 14.1. The van der Waals surface area contributed by atoms with Gasteiger partial charge >= 0.3 is 0 Å². The van der Waals surface area contributed by atoms with E-state index in [-0.39, 0.29) is 17.1 Å². The maximum absolute atomic E-state index is 14.2. The molecule has 0 radical (unpaired) electrons. The third-order valence-corrected chi connectivity index (χ3v) is 8.71.